The van der Waals surface area contributed by atoms with E-state index < -0.39 is 16.2 Å². The molecule has 0 heterocycles. The van der Waals surface area contributed by atoms with Gasteiger partial charge in [0.05, 0.1) is 6.26 Å². The standard InChI is InChI=1S/C8H14O4S/c1-6(2)5-8(9)7(3)12-13(4,10)11/h5,7H,1-4H3/t7-/m0/s1. The zero-order valence-electron chi connectivity index (χ0n) is 8.20. The van der Waals surface area contributed by atoms with Crippen LogP contribution in [0.3, 0.4) is 0 Å². The van der Waals surface area contributed by atoms with Gasteiger partial charge in [0.15, 0.2) is 5.78 Å². The van der Waals surface area contributed by atoms with Gasteiger partial charge < -0.3 is 0 Å². The first-order valence-electron chi connectivity index (χ1n) is 3.79. The molecule has 5 heteroatoms. The molecule has 0 unspecified atom stereocenters. The second-order valence-electron chi connectivity index (χ2n) is 3.07. The smallest absolute Gasteiger partial charge is 0.265 e. The van der Waals surface area contributed by atoms with E-state index in [2.05, 4.69) is 4.18 Å². The highest BCUT2D eigenvalue weighted by molar-refractivity contribution is 7.86. The van der Waals surface area contributed by atoms with Gasteiger partial charge in [-0.2, -0.15) is 8.42 Å². The van der Waals surface area contributed by atoms with E-state index in [1.807, 2.05) is 0 Å². The van der Waals surface area contributed by atoms with Crippen LogP contribution in [0, 0.1) is 0 Å². The molecule has 1 atom stereocenters. The zero-order valence-corrected chi connectivity index (χ0v) is 9.01. The molecule has 0 aromatic heterocycles. The molecule has 0 aliphatic heterocycles. The Labute approximate surface area is 78.7 Å². The molecule has 0 rings (SSSR count). The normalized spacial score (nSPS) is 13.5. The second kappa shape index (κ2) is 4.53. The molecule has 0 aromatic rings. The lowest BCUT2D eigenvalue weighted by Gasteiger charge is -2.06. The van der Waals surface area contributed by atoms with Crippen LogP contribution < -0.4 is 0 Å². The van der Waals surface area contributed by atoms with Gasteiger partial charge in [0.25, 0.3) is 10.1 Å². The highest BCUT2D eigenvalue weighted by Gasteiger charge is 2.16. The minimum atomic E-state index is -3.55. The molecule has 0 saturated carbocycles. The minimum Gasteiger partial charge on any atom is -0.292 e. The summed E-state index contributed by atoms with van der Waals surface area (Å²) in [4.78, 5) is 11.2. The molecule has 0 aliphatic carbocycles. The molecular formula is C8H14O4S. The maximum absolute atomic E-state index is 11.2. The van der Waals surface area contributed by atoms with Crippen LogP contribution >= 0.6 is 0 Å². The monoisotopic (exact) mass is 206 g/mol. The number of allylic oxidation sites excluding steroid dienone is 1. The summed E-state index contributed by atoms with van der Waals surface area (Å²) in [5.41, 5.74) is 0.814. The first-order chi connectivity index (χ1) is 5.72. The van der Waals surface area contributed by atoms with Crippen molar-refractivity contribution in [1.82, 2.24) is 0 Å². The summed E-state index contributed by atoms with van der Waals surface area (Å²) in [6.45, 7) is 4.92. The molecule has 76 valence electrons. The average molecular weight is 206 g/mol. The maximum atomic E-state index is 11.2. The molecule has 13 heavy (non-hydrogen) atoms. The Kier molecular flexibility index (Phi) is 4.29. The Hall–Kier alpha value is -0.680. The van der Waals surface area contributed by atoms with Crippen LogP contribution in [-0.2, 0) is 19.1 Å². The summed E-state index contributed by atoms with van der Waals surface area (Å²) in [6.07, 6.45) is 1.33. The fraction of sp³-hybridized carbons (Fsp3) is 0.625. The largest absolute Gasteiger partial charge is 0.292 e. The molecule has 0 spiro atoms. The van der Waals surface area contributed by atoms with Crippen molar-refractivity contribution >= 4 is 15.9 Å². The van der Waals surface area contributed by atoms with Crippen LogP contribution in [0.25, 0.3) is 0 Å². The number of carbonyl (C=O) groups is 1. The highest BCUT2D eigenvalue weighted by atomic mass is 32.2. The van der Waals surface area contributed by atoms with Crippen LogP contribution in [0.4, 0.5) is 0 Å². The summed E-state index contributed by atoms with van der Waals surface area (Å²) >= 11 is 0. The maximum Gasteiger partial charge on any atom is 0.265 e. The van der Waals surface area contributed by atoms with Crippen molar-refractivity contribution in [2.45, 2.75) is 26.9 Å². The molecule has 0 amide bonds. The van der Waals surface area contributed by atoms with Crippen molar-refractivity contribution in [1.29, 1.82) is 0 Å². The predicted molar refractivity (Wildman–Crippen MR) is 49.8 cm³/mol. The van der Waals surface area contributed by atoms with Gasteiger partial charge in [-0.05, 0) is 26.8 Å². The van der Waals surface area contributed by atoms with E-state index in [0.29, 0.717) is 0 Å². The van der Waals surface area contributed by atoms with Crippen molar-refractivity contribution in [3.05, 3.63) is 11.6 Å². The predicted octanol–water partition coefficient (Wildman–Crippen LogP) is 0.886. The van der Waals surface area contributed by atoms with Gasteiger partial charge in [0.2, 0.25) is 0 Å². The average Bonchev–Trinajstić information content (AvgIpc) is 1.81. The topological polar surface area (TPSA) is 60.4 Å². The Morgan fingerprint density at radius 1 is 1.38 bits per heavy atom. The zero-order chi connectivity index (χ0) is 10.6. The van der Waals surface area contributed by atoms with Gasteiger partial charge in [-0.1, -0.05) is 5.57 Å². The van der Waals surface area contributed by atoms with Gasteiger partial charge in [-0.15, -0.1) is 0 Å². The molecular weight excluding hydrogens is 192 g/mol. The van der Waals surface area contributed by atoms with Crippen LogP contribution in [0.2, 0.25) is 0 Å². The third kappa shape index (κ3) is 6.48. The Morgan fingerprint density at radius 2 is 1.85 bits per heavy atom. The van der Waals surface area contributed by atoms with Crippen molar-refractivity contribution in [3.63, 3.8) is 0 Å². The van der Waals surface area contributed by atoms with Crippen molar-refractivity contribution in [2.75, 3.05) is 6.26 Å². The lowest BCUT2D eigenvalue weighted by molar-refractivity contribution is -0.120. The van der Waals surface area contributed by atoms with Crippen molar-refractivity contribution < 1.29 is 17.4 Å². The summed E-state index contributed by atoms with van der Waals surface area (Å²) in [5.74, 6) is -0.342. The van der Waals surface area contributed by atoms with Gasteiger partial charge in [0.1, 0.15) is 6.10 Å². The van der Waals surface area contributed by atoms with E-state index in [1.165, 1.54) is 13.0 Å². The summed E-state index contributed by atoms with van der Waals surface area (Å²) in [5, 5.41) is 0. The molecule has 0 aromatic carbocycles. The summed E-state index contributed by atoms with van der Waals surface area (Å²) in [6, 6.07) is 0. The van der Waals surface area contributed by atoms with Crippen molar-refractivity contribution in [2.24, 2.45) is 0 Å². The van der Waals surface area contributed by atoms with Crippen LogP contribution in [0.5, 0.6) is 0 Å². The molecule has 4 nitrogen and oxygen atoms in total. The third-order valence-electron chi connectivity index (χ3n) is 1.15. The molecule has 0 radical (unpaired) electrons. The number of ketones is 1. The van der Waals surface area contributed by atoms with Gasteiger partial charge in [0, 0.05) is 0 Å². The first kappa shape index (κ1) is 12.3. The molecule has 0 bridgehead atoms. The number of carbonyl (C=O) groups excluding carboxylic acids is 1. The molecule has 0 saturated heterocycles. The lowest BCUT2D eigenvalue weighted by Crippen LogP contribution is -2.22. The van der Waals surface area contributed by atoms with E-state index in [0.717, 1.165) is 11.8 Å². The summed E-state index contributed by atoms with van der Waals surface area (Å²) < 4.78 is 25.8. The van der Waals surface area contributed by atoms with Crippen LogP contribution in [0.1, 0.15) is 20.8 Å². The molecule has 0 N–H and O–H groups in total. The fourth-order valence-electron chi connectivity index (χ4n) is 0.711. The van der Waals surface area contributed by atoms with E-state index in [1.54, 1.807) is 13.8 Å². The number of hydrogen-bond acceptors (Lipinski definition) is 4. The number of hydrogen-bond donors (Lipinski definition) is 0. The third-order valence-corrected chi connectivity index (χ3v) is 1.79. The second-order valence-corrected chi connectivity index (χ2v) is 4.67. The highest BCUT2D eigenvalue weighted by Crippen LogP contribution is 2.01. The fourth-order valence-corrected chi connectivity index (χ4v) is 1.33. The number of rotatable bonds is 4. The van der Waals surface area contributed by atoms with Gasteiger partial charge in [-0.3, -0.25) is 8.98 Å². The van der Waals surface area contributed by atoms with E-state index in [-0.39, 0.29) is 5.78 Å². The van der Waals surface area contributed by atoms with Crippen LogP contribution in [-0.4, -0.2) is 26.6 Å². The molecule has 0 fully saturated rings. The summed E-state index contributed by atoms with van der Waals surface area (Å²) in [7, 11) is -3.55. The van der Waals surface area contributed by atoms with E-state index in [9.17, 15) is 13.2 Å². The molecule has 0 aliphatic rings. The van der Waals surface area contributed by atoms with Gasteiger partial charge >= 0.3 is 0 Å². The Morgan fingerprint density at radius 3 is 2.15 bits per heavy atom. The lowest BCUT2D eigenvalue weighted by atomic mass is 10.2. The van der Waals surface area contributed by atoms with Gasteiger partial charge in [-0.25, -0.2) is 0 Å². The Bertz CT molecular complexity index is 309. The van der Waals surface area contributed by atoms with E-state index >= 15 is 0 Å². The van der Waals surface area contributed by atoms with Crippen LogP contribution in [0.15, 0.2) is 11.6 Å². The first-order valence-corrected chi connectivity index (χ1v) is 5.61. The Balaban J connectivity index is 4.38. The quantitative estimate of drug-likeness (QED) is 0.506. The van der Waals surface area contributed by atoms with E-state index in [4.69, 9.17) is 0 Å². The van der Waals surface area contributed by atoms with Crippen molar-refractivity contribution in [3.8, 4) is 0 Å². The minimum absolute atomic E-state index is 0.342. The SMILES string of the molecule is CC(C)=CC(=O)[C@H](C)OS(C)(=O)=O.